The number of hydrogen-bond acceptors (Lipinski definition) is 2. The maximum Gasteiger partial charge on any atom is 0.333 e. The summed E-state index contributed by atoms with van der Waals surface area (Å²) in [5, 5.41) is 8.99. The van der Waals surface area contributed by atoms with Crippen molar-refractivity contribution in [3.63, 3.8) is 0 Å². The Hall–Kier alpha value is -0.870. The van der Waals surface area contributed by atoms with Crippen LogP contribution in [0.4, 0.5) is 0 Å². The molecule has 1 unspecified atom stereocenters. The summed E-state index contributed by atoms with van der Waals surface area (Å²) in [6.07, 6.45) is 0.464. The van der Waals surface area contributed by atoms with Crippen molar-refractivity contribution in [3.05, 3.63) is 34.3 Å². The fourth-order valence-corrected chi connectivity index (χ4v) is 1.80. The second kappa shape index (κ2) is 6.66. The predicted molar refractivity (Wildman–Crippen MR) is 65.5 cm³/mol. The van der Waals surface area contributed by atoms with Gasteiger partial charge in [0, 0.05) is 17.5 Å². The minimum atomic E-state index is -0.909. The van der Waals surface area contributed by atoms with Gasteiger partial charge in [-0.15, -0.1) is 0 Å². The molecule has 0 saturated heterocycles. The second-order valence-corrected chi connectivity index (χ2v) is 4.45. The molecule has 0 amide bonds. The largest absolute Gasteiger partial charge is 0.479 e. The fourth-order valence-electron chi connectivity index (χ4n) is 1.36. The van der Waals surface area contributed by atoms with Crippen LogP contribution in [0.25, 0.3) is 0 Å². The number of hydrogen-bond donors (Lipinski definition) is 1. The van der Waals surface area contributed by atoms with Gasteiger partial charge in [-0.1, -0.05) is 35.0 Å². The van der Waals surface area contributed by atoms with E-state index in [4.69, 9.17) is 9.84 Å². The molecule has 0 bridgehead atoms. The van der Waals surface area contributed by atoms with Gasteiger partial charge in [0.15, 0.2) is 6.10 Å². The van der Waals surface area contributed by atoms with Crippen molar-refractivity contribution in [2.24, 2.45) is 0 Å². The van der Waals surface area contributed by atoms with Gasteiger partial charge in [-0.05, 0) is 24.1 Å². The molecular weight excluding hydrogens is 272 g/mol. The average Bonchev–Trinajstić information content (AvgIpc) is 2.24. The summed E-state index contributed by atoms with van der Waals surface area (Å²) < 4.78 is 6.23. The Morgan fingerprint density at radius 3 is 2.88 bits per heavy atom. The number of carboxylic acids is 1. The second-order valence-electron chi connectivity index (χ2n) is 3.53. The topological polar surface area (TPSA) is 46.5 Å². The molecule has 3 nitrogen and oxygen atoms in total. The molecule has 16 heavy (non-hydrogen) atoms. The normalized spacial score (nSPS) is 12.4. The van der Waals surface area contributed by atoms with Crippen molar-refractivity contribution in [3.8, 4) is 0 Å². The van der Waals surface area contributed by atoms with Gasteiger partial charge in [-0.3, -0.25) is 0 Å². The van der Waals surface area contributed by atoms with Gasteiger partial charge in [0.05, 0.1) is 0 Å². The summed E-state index contributed by atoms with van der Waals surface area (Å²) in [4.78, 5) is 11.0. The summed E-state index contributed by atoms with van der Waals surface area (Å²) in [7, 11) is 0. The Morgan fingerprint density at radius 1 is 1.56 bits per heavy atom. The Kier molecular flexibility index (Phi) is 5.49. The Morgan fingerprint density at radius 2 is 2.31 bits per heavy atom. The third-order valence-electron chi connectivity index (χ3n) is 2.11. The fraction of sp³-hybridized carbons (Fsp3) is 0.417. The van der Waals surface area contributed by atoms with Crippen LogP contribution < -0.4 is 0 Å². The monoisotopic (exact) mass is 286 g/mol. The van der Waals surface area contributed by atoms with Crippen LogP contribution in [-0.2, 0) is 16.0 Å². The zero-order valence-electron chi connectivity index (χ0n) is 9.15. The summed E-state index contributed by atoms with van der Waals surface area (Å²) in [5.74, 6) is -0.909. The first-order valence-corrected chi connectivity index (χ1v) is 6.01. The smallest absolute Gasteiger partial charge is 0.333 e. The van der Waals surface area contributed by atoms with Gasteiger partial charge in [-0.25, -0.2) is 4.79 Å². The molecule has 1 aromatic rings. The summed E-state index contributed by atoms with van der Waals surface area (Å²) in [6, 6.07) is 7.60. The van der Waals surface area contributed by atoms with Crippen molar-refractivity contribution < 1.29 is 14.6 Å². The van der Waals surface area contributed by atoms with Gasteiger partial charge in [0.25, 0.3) is 0 Å². The molecule has 1 aromatic carbocycles. The highest BCUT2D eigenvalue weighted by molar-refractivity contribution is 9.10. The number of halogens is 1. The van der Waals surface area contributed by atoms with E-state index in [1.54, 1.807) is 0 Å². The highest BCUT2D eigenvalue weighted by Crippen LogP contribution is 2.14. The molecule has 0 aliphatic heterocycles. The number of benzene rings is 1. The molecule has 0 saturated carbocycles. The molecule has 0 spiro atoms. The Balaban J connectivity index is 2.64. The minimum absolute atomic E-state index is 0.398. The van der Waals surface area contributed by atoms with Crippen molar-refractivity contribution >= 4 is 21.9 Å². The molecule has 0 aromatic heterocycles. The first kappa shape index (κ1) is 13.2. The quantitative estimate of drug-likeness (QED) is 0.875. The van der Waals surface area contributed by atoms with Crippen LogP contribution in [0.5, 0.6) is 0 Å². The number of rotatable bonds is 6. The van der Waals surface area contributed by atoms with E-state index in [2.05, 4.69) is 15.9 Å². The van der Waals surface area contributed by atoms with E-state index in [1.807, 2.05) is 31.2 Å². The van der Waals surface area contributed by atoms with E-state index in [0.717, 1.165) is 16.5 Å². The zero-order valence-corrected chi connectivity index (χ0v) is 10.7. The molecule has 0 aliphatic rings. The van der Waals surface area contributed by atoms with Gasteiger partial charge in [0.2, 0.25) is 0 Å². The average molecular weight is 287 g/mol. The third-order valence-corrected chi connectivity index (χ3v) is 2.60. The summed E-state index contributed by atoms with van der Waals surface area (Å²) >= 11 is 3.35. The lowest BCUT2D eigenvalue weighted by Gasteiger charge is -2.13. The molecule has 0 aliphatic carbocycles. The third kappa shape index (κ3) is 4.33. The summed E-state index contributed by atoms with van der Waals surface area (Å²) in [5.41, 5.74) is 0.956. The van der Waals surface area contributed by atoms with E-state index < -0.39 is 12.1 Å². The zero-order chi connectivity index (χ0) is 12.0. The summed E-state index contributed by atoms with van der Waals surface area (Å²) in [6.45, 7) is 2.43. The maximum absolute atomic E-state index is 11.0. The van der Waals surface area contributed by atoms with Crippen molar-refractivity contribution in [1.82, 2.24) is 0 Å². The molecule has 1 N–H and O–H groups in total. The van der Waals surface area contributed by atoms with Crippen molar-refractivity contribution in [1.29, 1.82) is 0 Å². The van der Waals surface area contributed by atoms with Crippen LogP contribution in [0.15, 0.2) is 28.7 Å². The molecule has 1 atom stereocenters. The number of carboxylic acid groups (broad SMARTS) is 1. The van der Waals surface area contributed by atoms with E-state index in [9.17, 15) is 4.79 Å². The lowest BCUT2D eigenvalue weighted by Crippen LogP contribution is -2.26. The van der Waals surface area contributed by atoms with Crippen LogP contribution in [-0.4, -0.2) is 23.8 Å². The van der Waals surface area contributed by atoms with Crippen LogP contribution in [0.2, 0.25) is 0 Å². The van der Waals surface area contributed by atoms with E-state index in [0.29, 0.717) is 13.0 Å². The lowest BCUT2D eigenvalue weighted by molar-refractivity contribution is -0.150. The van der Waals surface area contributed by atoms with Crippen LogP contribution in [0.3, 0.4) is 0 Å². The number of carbonyl (C=O) groups is 1. The first-order chi connectivity index (χ1) is 7.63. The van der Waals surface area contributed by atoms with E-state index >= 15 is 0 Å². The van der Waals surface area contributed by atoms with Gasteiger partial charge >= 0.3 is 5.97 Å². The molecule has 4 heteroatoms. The predicted octanol–water partition coefficient (Wildman–Crippen LogP) is 2.87. The molecule has 0 radical (unpaired) electrons. The van der Waals surface area contributed by atoms with Crippen molar-refractivity contribution in [2.45, 2.75) is 25.9 Å². The molecule has 1 rings (SSSR count). The van der Waals surface area contributed by atoms with Gasteiger partial charge in [0.1, 0.15) is 0 Å². The first-order valence-electron chi connectivity index (χ1n) is 5.22. The number of aliphatic carboxylic acids is 1. The standard InChI is InChI=1S/C12H15BrO3/c1-2-6-16-11(12(14)15)8-9-4-3-5-10(13)7-9/h3-5,7,11H,2,6,8H2,1H3,(H,14,15). The Bertz CT molecular complexity index is 352. The highest BCUT2D eigenvalue weighted by Gasteiger charge is 2.18. The van der Waals surface area contributed by atoms with Crippen LogP contribution in [0, 0.1) is 0 Å². The van der Waals surface area contributed by atoms with Crippen molar-refractivity contribution in [2.75, 3.05) is 6.61 Å². The van der Waals surface area contributed by atoms with E-state index in [1.165, 1.54) is 0 Å². The molecule has 88 valence electrons. The number of ether oxygens (including phenoxy) is 1. The van der Waals surface area contributed by atoms with Gasteiger partial charge in [-0.2, -0.15) is 0 Å². The molecular formula is C12H15BrO3. The highest BCUT2D eigenvalue weighted by atomic mass is 79.9. The van der Waals surface area contributed by atoms with Crippen LogP contribution >= 0.6 is 15.9 Å². The maximum atomic E-state index is 11.0. The van der Waals surface area contributed by atoms with E-state index in [-0.39, 0.29) is 0 Å². The minimum Gasteiger partial charge on any atom is -0.479 e. The SMILES string of the molecule is CCCOC(Cc1cccc(Br)c1)C(=O)O. The Labute approximate surface area is 104 Å². The molecule has 0 heterocycles. The lowest BCUT2D eigenvalue weighted by atomic mass is 10.1. The molecule has 0 fully saturated rings. The van der Waals surface area contributed by atoms with Gasteiger partial charge < -0.3 is 9.84 Å². The van der Waals surface area contributed by atoms with Crippen LogP contribution in [0.1, 0.15) is 18.9 Å².